The van der Waals surface area contributed by atoms with Crippen LogP contribution in [-0.4, -0.2) is 100 Å². The van der Waals surface area contributed by atoms with Gasteiger partial charge in [-0.25, -0.2) is 0 Å². The van der Waals surface area contributed by atoms with Crippen molar-refractivity contribution in [3.05, 3.63) is 28.3 Å². The molecule has 1 saturated heterocycles. The minimum Gasteiger partial charge on any atom is -0.465 e. The Labute approximate surface area is 246 Å². The molecular weight excluding hydrogens is 522 g/mol. The number of ether oxygens (including phenoxy) is 2. The third kappa shape index (κ3) is 14.3. The first-order chi connectivity index (χ1) is 19.9. The van der Waals surface area contributed by atoms with E-state index in [-0.39, 0.29) is 24.5 Å². The second kappa shape index (κ2) is 20.3. The van der Waals surface area contributed by atoms with Crippen LogP contribution in [-0.2, 0) is 19.1 Å². The molecule has 0 aromatic rings. The van der Waals surface area contributed by atoms with Crippen LogP contribution in [0.1, 0.15) is 71.6 Å². The van der Waals surface area contributed by atoms with E-state index >= 15 is 0 Å². The van der Waals surface area contributed by atoms with Crippen molar-refractivity contribution in [1.82, 2.24) is 9.80 Å². The lowest BCUT2D eigenvalue weighted by atomic mass is 9.83. The zero-order valence-corrected chi connectivity index (χ0v) is 25.4. The first-order valence-corrected chi connectivity index (χ1v) is 15.1. The van der Waals surface area contributed by atoms with Gasteiger partial charge in [0.05, 0.1) is 19.4 Å². The average molecular weight is 574 g/mol. The molecule has 10 heteroatoms. The number of nitroso groups, excluding NO2 is 1. The van der Waals surface area contributed by atoms with Gasteiger partial charge in [-0.2, -0.15) is 4.91 Å². The summed E-state index contributed by atoms with van der Waals surface area (Å²) in [5.74, 6) is 0.799. The second-order valence-corrected chi connectivity index (χ2v) is 11.6. The van der Waals surface area contributed by atoms with E-state index in [0.717, 1.165) is 95.0 Å². The van der Waals surface area contributed by atoms with Crippen LogP contribution in [0.15, 0.2) is 38.6 Å². The number of carbonyl (C=O) groups is 2. The standard InChI is InChI=1S/C31H51N5O5/c1-25(19-26(2)31(34-39)13-18-37)5-9-30(41-24-38)12-8-27-6-10-29(11-7-27)40-22-28(20-32-3)21-33-23-36-16-14-35(4)15-17-36/h18-21,24-25,27,29-31H,3,5-17,22-23H2,1-2,4H3/b26-19+,28-20+,33-21?. The lowest BCUT2D eigenvalue weighted by molar-refractivity contribution is -0.134. The molecule has 0 aromatic heterocycles. The number of carbonyl (C=O) groups excluding carboxylic acids is 2. The average Bonchev–Trinajstić information content (AvgIpc) is 2.97. The van der Waals surface area contributed by atoms with E-state index in [9.17, 15) is 14.5 Å². The highest BCUT2D eigenvalue weighted by atomic mass is 16.5. The minimum atomic E-state index is -0.599. The van der Waals surface area contributed by atoms with Crippen molar-refractivity contribution in [2.75, 3.05) is 46.5 Å². The van der Waals surface area contributed by atoms with Gasteiger partial charge in [0, 0.05) is 50.6 Å². The lowest BCUT2D eigenvalue weighted by Gasteiger charge is -2.31. The molecule has 10 nitrogen and oxygen atoms in total. The molecule has 1 aliphatic heterocycles. The quantitative estimate of drug-likeness (QED) is 0.0887. The molecule has 0 bridgehead atoms. The van der Waals surface area contributed by atoms with Crippen LogP contribution in [0.2, 0.25) is 0 Å². The van der Waals surface area contributed by atoms with Gasteiger partial charge in [-0.05, 0) is 89.5 Å². The molecule has 0 spiro atoms. The molecule has 0 aromatic carbocycles. The van der Waals surface area contributed by atoms with Crippen molar-refractivity contribution < 1.29 is 19.1 Å². The number of allylic oxidation sites excluding steroid dienone is 1. The van der Waals surface area contributed by atoms with Crippen molar-refractivity contribution >= 4 is 25.7 Å². The van der Waals surface area contributed by atoms with Crippen molar-refractivity contribution in [3.8, 4) is 0 Å². The lowest BCUT2D eigenvalue weighted by Crippen LogP contribution is -2.44. The zero-order chi connectivity index (χ0) is 29.9. The Morgan fingerprint density at radius 1 is 1.07 bits per heavy atom. The Morgan fingerprint density at radius 2 is 1.80 bits per heavy atom. The smallest absolute Gasteiger partial charge is 0.293 e. The van der Waals surface area contributed by atoms with Gasteiger partial charge in [0.1, 0.15) is 18.4 Å². The fourth-order valence-electron chi connectivity index (χ4n) is 5.57. The molecule has 0 radical (unpaired) electrons. The Kier molecular flexibility index (Phi) is 17.2. The van der Waals surface area contributed by atoms with E-state index in [2.05, 4.69) is 45.7 Å². The number of aliphatic imine (C=N–C) groups is 2. The molecule has 1 heterocycles. The zero-order valence-electron chi connectivity index (χ0n) is 25.4. The summed E-state index contributed by atoms with van der Waals surface area (Å²) < 4.78 is 11.6. The highest BCUT2D eigenvalue weighted by molar-refractivity contribution is 5.78. The van der Waals surface area contributed by atoms with Gasteiger partial charge in [0.15, 0.2) is 0 Å². The summed E-state index contributed by atoms with van der Waals surface area (Å²) in [6.07, 6.45) is 14.2. The van der Waals surface area contributed by atoms with E-state index < -0.39 is 6.04 Å². The maximum Gasteiger partial charge on any atom is 0.293 e. The summed E-state index contributed by atoms with van der Waals surface area (Å²) in [6.45, 7) is 13.4. The highest BCUT2D eigenvalue weighted by Gasteiger charge is 2.23. The first kappa shape index (κ1) is 34.6. The molecular formula is C31H51N5O5. The molecule has 2 fully saturated rings. The van der Waals surface area contributed by atoms with E-state index in [0.29, 0.717) is 25.7 Å². The van der Waals surface area contributed by atoms with Crippen LogP contribution in [0, 0.1) is 16.7 Å². The molecule has 2 aliphatic rings. The molecule has 3 atom stereocenters. The molecule has 3 unspecified atom stereocenters. The largest absolute Gasteiger partial charge is 0.465 e. The molecule has 230 valence electrons. The van der Waals surface area contributed by atoms with Crippen LogP contribution < -0.4 is 0 Å². The summed E-state index contributed by atoms with van der Waals surface area (Å²) in [6, 6.07) is -0.599. The summed E-state index contributed by atoms with van der Waals surface area (Å²) >= 11 is 0. The van der Waals surface area contributed by atoms with E-state index in [1.54, 1.807) is 6.20 Å². The number of hydrogen-bond acceptors (Lipinski definition) is 10. The van der Waals surface area contributed by atoms with Gasteiger partial charge in [-0.1, -0.05) is 18.2 Å². The Hall–Kier alpha value is -2.56. The summed E-state index contributed by atoms with van der Waals surface area (Å²) in [4.78, 5) is 46.0. The van der Waals surface area contributed by atoms with Gasteiger partial charge in [-0.3, -0.25) is 19.7 Å². The van der Waals surface area contributed by atoms with Gasteiger partial charge in [0.25, 0.3) is 6.47 Å². The number of rotatable bonds is 20. The van der Waals surface area contributed by atoms with Crippen molar-refractivity contribution in [2.45, 2.75) is 89.9 Å². The van der Waals surface area contributed by atoms with Gasteiger partial charge < -0.3 is 19.2 Å². The van der Waals surface area contributed by atoms with Crippen LogP contribution in [0.4, 0.5) is 0 Å². The first-order valence-electron chi connectivity index (χ1n) is 15.1. The minimum absolute atomic E-state index is 0.109. The van der Waals surface area contributed by atoms with Crippen molar-refractivity contribution in [1.29, 1.82) is 0 Å². The van der Waals surface area contributed by atoms with Crippen LogP contribution in [0.3, 0.4) is 0 Å². The van der Waals surface area contributed by atoms with Crippen LogP contribution in [0.5, 0.6) is 0 Å². The predicted molar refractivity (Wildman–Crippen MR) is 164 cm³/mol. The van der Waals surface area contributed by atoms with Gasteiger partial charge in [-0.15, -0.1) is 0 Å². The number of piperazine rings is 1. The summed E-state index contributed by atoms with van der Waals surface area (Å²) in [7, 11) is 2.15. The third-order valence-electron chi connectivity index (χ3n) is 8.28. The topological polar surface area (TPSA) is 113 Å². The Morgan fingerprint density at radius 3 is 2.44 bits per heavy atom. The number of likely N-dealkylation sites (N-methyl/N-ethyl adjacent to an activating group) is 1. The summed E-state index contributed by atoms with van der Waals surface area (Å²) in [5, 5.41) is 3.05. The Balaban J connectivity index is 1.69. The normalized spacial score (nSPS) is 23.6. The SMILES string of the molecule is C=N/C=C(\C=NCN1CCN(C)CC1)COC1CCC(CCC(CCC(C)/C=C(\C)C(CC=O)N=O)OC=O)CC1. The highest BCUT2D eigenvalue weighted by Crippen LogP contribution is 2.31. The number of hydrogen-bond donors (Lipinski definition) is 0. The maximum absolute atomic E-state index is 11.1. The van der Waals surface area contributed by atoms with E-state index in [1.807, 2.05) is 19.2 Å². The van der Waals surface area contributed by atoms with Gasteiger partial charge >= 0.3 is 0 Å². The molecule has 1 saturated carbocycles. The van der Waals surface area contributed by atoms with Gasteiger partial charge in [0.2, 0.25) is 0 Å². The fourth-order valence-corrected chi connectivity index (χ4v) is 5.57. The maximum atomic E-state index is 11.1. The summed E-state index contributed by atoms with van der Waals surface area (Å²) in [5.41, 5.74) is 1.75. The number of aldehydes is 1. The third-order valence-corrected chi connectivity index (χ3v) is 8.28. The van der Waals surface area contributed by atoms with Crippen molar-refractivity contribution in [3.63, 3.8) is 0 Å². The number of nitrogens with zero attached hydrogens (tertiary/aromatic N) is 5. The molecule has 0 N–H and O–H groups in total. The molecule has 1 aliphatic carbocycles. The molecule has 41 heavy (non-hydrogen) atoms. The molecule has 2 rings (SSSR count). The predicted octanol–water partition coefficient (Wildman–Crippen LogP) is 4.83. The Bertz CT molecular complexity index is 876. The van der Waals surface area contributed by atoms with E-state index in [1.165, 1.54) is 0 Å². The van der Waals surface area contributed by atoms with Crippen LogP contribution in [0.25, 0.3) is 0 Å². The molecule has 0 amide bonds. The monoisotopic (exact) mass is 573 g/mol. The van der Waals surface area contributed by atoms with Crippen molar-refractivity contribution in [2.24, 2.45) is 27.0 Å². The van der Waals surface area contributed by atoms with Crippen LogP contribution >= 0.6 is 0 Å². The van der Waals surface area contributed by atoms with E-state index in [4.69, 9.17) is 9.47 Å². The fraction of sp³-hybridized carbons (Fsp3) is 0.742. The second-order valence-electron chi connectivity index (χ2n) is 11.6.